The van der Waals surface area contributed by atoms with Gasteiger partial charge in [-0.15, -0.1) is 0 Å². The van der Waals surface area contributed by atoms with Gasteiger partial charge < -0.3 is 16.4 Å². The van der Waals surface area contributed by atoms with E-state index in [-0.39, 0.29) is 18.4 Å². The predicted molar refractivity (Wildman–Crippen MR) is 126 cm³/mol. The second-order valence-electron chi connectivity index (χ2n) is 7.84. The van der Waals surface area contributed by atoms with Crippen molar-refractivity contribution in [1.82, 2.24) is 10.3 Å². The second-order valence-corrected chi connectivity index (χ2v) is 8.65. The molecule has 1 saturated carbocycles. The SMILES string of the molecule is NC(CNC(=O)C1(c2ccc(Cl)c(Cl)c2)CC1)c1ccc(C(=O)Nc2ccncc2)cc1. The Hall–Kier alpha value is -2.93. The van der Waals surface area contributed by atoms with Crippen molar-refractivity contribution in [3.05, 3.63) is 93.7 Å². The second kappa shape index (κ2) is 9.28. The molecule has 0 aliphatic heterocycles. The van der Waals surface area contributed by atoms with Crippen molar-refractivity contribution in [3.63, 3.8) is 0 Å². The quantitative estimate of drug-likeness (QED) is 0.475. The van der Waals surface area contributed by atoms with E-state index in [1.54, 1.807) is 60.9 Å². The van der Waals surface area contributed by atoms with E-state index in [0.29, 0.717) is 21.3 Å². The zero-order chi connectivity index (χ0) is 22.7. The van der Waals surface area contributed by atoms with Crippen LogP contribution in [0, 0.1) is 0 Å². The lowest BCUT2D eigenvalue weighted by Crippen LogP contribution is -2.38. The van der Waals surface area contributed by atoms with Gasteiger partial charge in [0.1, 0.15) is 0 Å². The molecule has 164 valence electrons. The van der Waals surface area contributed by atoms with Gasteiger partial charge in [-0.2, -0.15) is 0 Å². The predicted octanol–water partition coefficient (Wildman–Crippen LogP) is 4.49. The Labute approximate surface area is 196 Å². The van der Waals surface area contributed by atoms with Crippen molar-refractivity contribution in [3.8, 4) is 0 Å². The molecule has 0 bridgehead atoms. The lowest BCUT2D eigenvalue weighted by atomic mass is 9.94. The number of nitrogens with zero attached hydrogens (tertiary/aromatic N) is 1. The van der Waals surface area contributed by atoms with Crippen LogP contribution in [0.3, 0.4) is 0 Å². The molecule has 1 atom stereocenters. The Balaban J connectivity index is 1.35. The molecule has 0 radical (unpaired) electrons. The fourth-order valence-corrected chi connectivity index (χ4v) is 3.87. The van der Waals surface area contributed by atoms with Crippen molar-refractivity contribution >= 4 is 40.7 Å². The van der Waals surface area contributed by atoms with Crippen LogP contribution >= 0.6 is 23.2 Å². The van der Waals surface area contributed by atoms with Gasteiger partial charge in [-0.25, -0.2) is 0 Å². The van der Waals surface area contributed by atoms with Crippen LogP contribution in [0.2, 0.25) is 10.0 Å². The number of pyridine rings is 1. The van der Waals surface area contributed by atoms with Gasteiger partial charge >= 0.3 is 0 Å². The first-order valence-corrected chi connectivity index (χ1v) is 11.0. The van der Waals surface area contributed by atoms with E-state index in [0.717, 1.165) is 24.0 Å². The minimum absolute atomic E-state index is 0.0697. The number of carbonyl (C=O) groups is 2. The van der Waals surface area contributed by atoms with E-state index in [2.05, 4.69) is 15.6 Å². The molecule has 1 unspecified atom stereocenters. The fourth-order valence-electron chi connectivity index (χ4n) is 3.58. The number of halogens is 2. The van der Waals surface area contributed by atoms with Crippen LogP contribution in [0.1, 0.15) is 40.4 Å². The van der Waals surface area contributed by atoms with Crippen molar-refractivity contribution in [2.45, 2.75) is 24.3 Å². The smallest absolute Gasteiger partial charge is 0.255 e. The van der Waals surface area contributed by atoms with Crippen molar-refractivity contribution < 1.29 is 9.59 Å². The Morgan fingerprint density at radius 2 is 1.69 bits per heavy atom. The summed E-state index contributed by atoms with van der Waals surface area (Å²) in [6.45, 7) is 0.282. The van der Waals surface area contributed by atoms with E-state index in [9.17, 15) is 9.59 Å². The van der Waals surface area contributed by atoms with E-state index in [4.69, 9.17) is 28.9 Å². The maximum absolute atomic E-state index is 12.9. The molecule has 1 heterocycles. The average Bonchev–Trinajstić information content (AvgIpc) is 3.62. The Bertz CT molecular complexity index is 1130. The first-order valence-electron chi connectivity index (χ1n) is 10.2. The van der Waals surface area contributed by atoms with E-state index >= 15 is 0 Å². The molecule has 4 rings (SSSR count). The molecule has 0 saturated heterocycles. The highest BCUT2D eigenvalue weighted by molar-refractivity contribution is 6.42. The normalized spacial score (nSPS) is 15.0. The number of benzene rings is 2. The van der Waals surface area contributed by atoms with Crippen LogP contribution in [0.15, 0.2) is 67.0 Å². The number of hydrogen-bond acceptors (Lipinski definition) is 4. The third-order valence-corrected chi connectivity index (χ3v) is 6.42. The number of aromatic nitrogens is 1. The summed E-state index contributed by atoms with van der Waals surface area (Å²) in [7, 11) is 0. The maximum Gasteiger partial charge on any atom is 0.255 e. The summed E-state index contributed by atoms with van der Waals surface area (Å²) in [6, 6.07) is 15.4. The summed E-state index contributed by atoms with van der Waals surface area (Å²) in [5.41, 5.74) is 8.58. The molecule has 2 aromatic carbocycles. The van der Waals surface area contributed by atoms with Gasteiger partial charge in [0.15, 0.2) is 0 Å². The number of nitrogens with two attached hydrogens (primary N) is 1. The number of nitrogens with one attached hydrogen (secondary N) is 2. The van der Waals surface area contributed by atoms with Crippen molar-refractivity contribution in [2.75, 3.05) is 11.9 Å². The van der Waals surface area contributed by atoms with Gasteiger partial charge in [0.25, 0.3) is 5.91 Å². The zero-order valence-electron chi connectivity index (χ0n) is 17.1. The number of hydrogen-bond donors (Lipinski definition) is 3. The van der Waals surface area contributed by atoms with Crippen LogP contribution in [0.5, 0.6) is 0 Å². The van der Waals surface area contributed by atoms with Crippen molar-refractivity contribution in [2.24, 2.45) is 5.73 Å². The molecule has 2 amide bonds. The summed E-state index contributed by atoms with van der Waals surface area (Å²) < 4.78 is 0. The summed E-state index contributed by atoms with van der Waals surface area (Å²) in [5, 5.41) is 6.67. The van der Waals surface area contributed by atoms with Crippen LogP contribution in [0.25, 0.3) is 0 Å². The molecule has 1 fully saturated rings. The average molecular weight is 469 g/mol. The highest BCUT2D eigenvalue weighted by Crippen LogP contribution is 2.49. The number of anilines is 1. The third kappa shape index (κ3) is 4.78. The summed E-state index contributed by atoms with van der Waals surface area (Å²) in [6.07, 6.45) is 4.74. The minimum atomic E-state index is -0.567. The standard InChI is InChI=1S/C24H22Cl2N4O2/c25-19-6-5-17(13-20(19)26)24(9-10-24)23(32)29-14-21(27)15-1-3-16(4-2-15)22(31)30-18-7-11-28-12-8-18/h1-8,11-13,21H,9-10,14,27H2,(H,29,32)(H,28,30,31). The topological polar surface area (TPSA) is 97.1 Å². The lowest BCUT2D eigenvalue weighted by molar-refractivity contribution is -0.123. The first kappa shape index (κ1) is 22.3. The number of rotatable bonds is 7. The zero-order valence-corrected chi connectivity index (χ0v) is 18.7. The van der Waals surface area contributed by atoms with Gasteiger partial charge in [0.2, 0.25) is 5.91 Å². The van der Waals surface area contributed by atoms with Gasteiger partial charge in [-0.05, 0) is 60.4 Å². The van der Waals surface area contributed by atoms with Gasteiger partial charge in [0.05, 0.1) is 15.5 Å². The molecule has 0 spiro atoms. The molecule has 6 nitrogen and oxygen atoms in total. The summed E-state index contributed by atoms with van der Waals surface area (Å²) >= 11 is 12.1. The molecule has 8 heteroatoms. The van der Waals surface area contributed by atoms with E-state index < -0.39 is 11.5 Å². The molecule has 1 aliphatic carbocycles. The lowest BCUT2D eigenvalue weighted by Gasteiger charge is -2.19. The minimum Gasteiger partial charge on any atom is -0.353 e. The van der Waals surface area contributed by atoms with Gasteiger partial charge in [-0.3, -0.25) is 14.6 Å². The molecule has 1 aliphatic rings. The largest absolute Gasteiger partial charge is 0.353 e. The highest BCUT2D eigenvalue weighted by Gasteiger charge is 2.51. The Morgan fingerprint density at radius 3 is 2.31 bits per heavy atom. The van der Waals surface area contributed by atoms with Crippen LogP contribution in [-0.2, 0) is 10.2 Å². The van der Waals surface area contributed by atoms with E-state index in [1.165, 1.54) is 0 Å². The molecule has 3 aromatic rings. The van der Waals surface area contributed by atoms with E-state index in [1.807, 2.05) is 6.07 Å². The van der Waals surface area contributed by atoms with Crippen molar-refractivity contribution in [1.29, 1.82) is 0 Å². The van der Waals surface area contributed by atoms with Crippen LogP contribution in [0.4, 0.5) is 5.69 Å². The molecule has 32 heavy (non-hydrogen) atoms. The fraction of sp³-hybridized carbons (Fsp3) is 0.208. The molecular weight excluding hydrogens is 447 g/mol. The third-order valence-electron chi connectivity index (χ3n) is 5.68. The molecule has 1 aromatic heterocycles. The maximum atomic E-state index is 12.9. The first-order chi connectivity index (χ1) is 15.4. The monoisotopic (exact) mass is 468 g/mol. The molecular formula is C24H22Cl2N4O2. The van der Waals surface area contributed by atoms with Crippen LogP contribution < -0.4 is 16.4 Å². The number of carbonyl (C=O) groups excluding carboxylic acids is 2. The Kier molecular flexibility index (Phi) is 6.46. The van der Waals surface area contributed by atoms with Crippen LogP contribution in [-0.4, -0.2) is 23.3 Å². The van der Waals surface area contributed by atoms with Gasteiger partial charge in [0, 0.05) is 36.2 Å². The van der Waals surface area contributed by atoms with Gasteiger partial charge in [-0.1, -0.05) is 41.4 Å². The number of amides is 2. The highest BCUT2D eigenvalue weighted by atomic mass is 35.5. The molecule has 4 N–H and O–H groups in total. The summed E-state index contributed by atoms with van der Waals surface area (Å²) in [5.74, 6) is -0.290. The Morgan fingerprint density at radius 1 is 1.00 bits per heavy atom. The summed E-state index contributed by atoms with van der Waals surface area (Å²) in [4.78, 5) is 29.2.